The second-order valence-electron chi connectivity index (χ2n) is 8.17. The van der Waals surface area contributed by atoms with E-state index < -0.39 is 0 Å². The lowest BCUT2D eigenvalue weighted by atomic mass is 9.51. The molecule has 1 saturated heterocycles. The van der Waals surface area contributed by atoms with Crippen molar-refractivity contribution in [1.82, 2.24) is 10.2 Å². The Kier molecular flexibility index (Phi) is 3.10. The molecule has 1 aliphatic heterocycles. The van der Waals surface area contributed by atoms with E-state index in [1.165, 1.54) is 32.1 Å². The number of amides is 1. The first kappa shape index (κ1) is 13.1. The molecule has 3 heteroatoms. The predicted octanol–water partition coefficient (Wildman–Crippen LogP) is 2.27. The summed E-state index contributed by atoms with van der Waals surface area (Å²) in [6, 6.07) is 0.888. The van der Waals surface area contributed by atoms with Gasteiger partial charge in [-0.3, -0.25) is 4.79 Å². The molecule has 2 atom stereocenters. The molecule has 1 amide bonds. The molecule has 0 aromatic carbocycles. The van der Waals surface area contributed by atoms with E-state index in [1.807, 2.05) is 0 Å². The summed E-state index contributed by atoms with van der Waals surface area (Å²) in [6.45, 7) is 6.22. The van der Waals surface area contributed by atoms with Gasteiger partial charge in [-0.15, -0.1) is 0 Å². The van der Waals surface area contributed by atoms with Crippen LogP contribution in [0.15, 0.2) is 0 Å². The molecule has 0 aromatic rings. The Morgan fingerprint density at radius 3 is 1.90 bits per heavy atom. The number of carbonyl (C=O) groups excluding carboxylic acids is 1. The van der Waals surface area contributed by atoms with Crippen LogP contribution < -0.4 is 5.32 Å². The van der Waals surface area contributed by atoms with Gasteiger partial charge in [0.05, 0.1) is 0 Å². The third-order valence-corrected chi connectivity index (χ3v) is 6.38. The number of hydrogen-bond donors (Lipinski definition) is 1. The first-order valence-electron chi connectivity index (χ1n) is 8.65. The van der Waals surface area contributed by atoms with Crippen LogP contribution in [-0.4, -0.2) is 36.0 Å². The molecule has 5 aliphatic rings. The smallest absolute Gasteiger partial charge is 0.226 e. The fourth-order valence-corrected chi connectivity index (χ4v) is 6.05. The molecule has 0 aromatic heterocycles. The Balaban J connectivity index is 1.51. The summed E-state index contributed by atoms with van der Waals surface area (Å²) in [4.78, 5) is 15.3. The van der Waals surface area contributed by atoms with Gasteiger partial charge in [0.25, 0.3) is 0 Å². The Labute approximate surface area is 122 Å². The minimum Gasteiger partial charge on any atom is -0.339 e. The molecule has 20 heavy (non-hydrogen) atoms. The third-order valence-electron chi connectivity index (χ3n) is 6.38. The molecule has 5 fully saturated rings. The van der Waals surface area contributed by atoms with Crippen molar-refractivity contribution in [2.24, 2.45) is 29.6 Å². The van der Waals surface area contributed by atoms with Crippen molar-refractivity contribution in [2.45, 2.75) is 58.0 Å². The van der Waals surface area contributed by atoms with Crippen molar-refractivity contribution in [1.29, 1.82) is 0 Å². The molecular weight excluding hydrogens is 248 g/mol. The van der Waals surface area contributed by atoms with E-state index in [9.17, 15) is 4.79 Å². The van der Waals surface area contributed by atoms with E-state index in [4.69, 9.17) is 0 Å². The van der Waals surface area contributed by atoms with Gasteiger partial charge in [-0.05, 0) is 69.6 Å². The standard InChI is InChI=1S/C17H28N2O/c1-10-8-19(9-11(2)18-10)17(20)16-14-4-12-3-13(6-14)7-15(16)5-12/h10-16,18H,3-9H2,1-2H3. The molecule has 4 bridgehead atoms. The van der Waals surface area contributed by atoms with E-state index in [-0.39, 0.29) is 0 Å². The average Bonchev–Trinajstić information content (AvgIpc) is 2.35. The van der Waals surface area contributed by atoms with Gasteiger partial charge >= 0.3 is 0 Å². The maximum atomic E-state index is 13.1. The molecule has 5 rings (SSSR count). The number of hydrogen-bond acceptors (Lipinski definition) is 2. The number of carbonyl (C=O) groups is 1. The van der Waals surface area contributed by atoms with Crippen LogP contribution in [-0.2, 0) is 4.79 Å². The SMILES string of the molecule is CC1CN(C(=O)C2C3CC4CC(C3)CC2C4)CC(C)N1. The number of piperazine rings is 1. The zero-order valence-corrected chi connectivity index (χ0v) is 12.8. The first-order valence-corrected chi connectivity index (χ1v) is 8.65. The molecule has 4 saturated carbocycles. The molecule has 0 spiro atoms. The summed E-state index contributed by atoms with van der Waals surface area (Å²) in [5.74, 6) is 4.24. The highest BCUT2D eigenvalue weighted by molar-refractivity contribution is 5.80. The third kappa shape index (κ3) is 2.09. The Hall–Kier alpha value is -0.570. The van der Waals surface area contributed by atoms with E-state index in [2.05, 4.69) is 24.1 Å². The maximum absolute atomic E-state index is 13.1. The average molecular weight is 276 g/mol. The minimum absolute atomic E-state index is 0.375. The minimum atomic E-state index is 0.375. The quantitative estimate of drug-likeness (QED) is 0.797. The topological polar surface area (TPSA) is 32.3 Å². The van der Waals surface area contributed by atoms with Crippen LogP contribution in [0.5, 0.6) is 0 Å². The first-order chi connectivity index (χ1) is 9.60. The van der Waals surface area contributed by atoms with Crippen LogP contribution in [0.4, 0.5) is 0 Å². The van der Waals surface area contributed by atoms with Crippen molar-refractivity contribution in [3.05, 3.63) is 0 Å². The summed E-state index contributed by atoms with van der Waals surface area (Å²) < 4.78 is 0. The van der Waals surface area contributed by atoms with Crippen molar-refractivity contribution in [3.63, 3.8) is 0 Å². The van der Waals surface area contributed by atoms with Gasteiger partial charge in [-0.1, -0.05) is 0 Å². The van der Waals surface area contributed by atoms with E-state index in [0.29, 0.717) is 23.9 Å². The van der Waals surface area contributed by atoms with E-state index >= 15 is 0 Å². The van der Waals surface area contributed by atoms with Crippen molar-refractivity contribution >= 4 is 5.91 Å². The summed E-state index contributed by atoms with van der Waals surface area (Å²) in [6.07, 6.45) is 6.86. The molecular formula is C17H28N2O. The normalized spacial score (nSPS) is 50.5. The zero-order valence-electron chi connectivity index (χ0n) is 12.8. The highest BCUT2D eigenvalue weighted by atomic mass is 16.2. The maximum Gasteiger partial charge on any atom is 0.226 e. The Morgan fingerprint density at radius 1 is 0.900 bits per heavy atom. The van der Waals surface area contributed by atoms with Gasteiger partial charge in [-0.25, -0.2) is 0 Å². The van der Waals surface area contributed by atoms with Crippen molar-refractivity contribution in [2.75, 3.05) is 13.1 Å². The molecule has 3 nitrogen and oxygen atoms in total. The van der Waals surface area contributed by atoms with Crippen LogP contribution in [0, 0.1) is 29.6 Å². The number of nitrogens with zero attached hydrogens (tertiary/aromatic N) is 1. The fraction of sp³-hybridized carbons (Fsp3) is 0.941. The summed E-state index contributed by atoms with van der Waals surface area (Å²) in [7, 11) is 0. The van der Waals surface area contributed by atoms with Gasteiger partial charge in [0, 0.05) is 31.1 Å². The number of nitrogens with one attached hydrogen (secondary N) is 1. The highest BCUT2D eigenvalue weighted by Gasteiger charge is 2.51. The molecule has 0 radical (unpaired) electrons. The predicted molar refractivity (Wildman–Crippen MR) is 79.2 cm³/mol. The van der Waals surface area contributed by atoms with Crippen LogP contribution in [0.1, 0.15) is 46.0 Å². The molecule has 1 N–H and O–H groups in total. The zero-order chi connectivity index (χ0) is 13.9. The van der Waals surface area contributed by atoms with E-state index in [0.717, 1.165) is 36.8 Å². The van der Waals surface area contributed by atoms with Crippen molar-refractivity contribution < 1.29 is 4.79 Å². The summed E-state index contributed by atoms with van der Waals surface area (Å²) >= 11 is 0. The summed E-state index contributed by atoms with van der Waals surface area (Å²) in [5.41, 5.74) is 0. The van der Waals surface area contributed by atoms with Gasteiger partial charge in [0.1, 0.15) is 0 Å². The lowest BCUT2D eigenvalue weighted by Gasteiger charge is -2.54. The van der Waals surface area contributed by atoms with E-state index in [1.54, 1.807) is 0 Å². The van der Waals surface area contributed by atoms with Crippen LogP contribution in [0.2, 0.25) is 0 Å². The second kappa shape index (κ2) is 4.72. The van der Waals surface area contributed by atoms with Crippen molar-refractivity contribution in [3.8, 4) is 0 Å². The lowest BCUT2D eigenvalue weighted by Crippen LogP contribution is -2.59. The summed E-state index contributed by atoms with van der Waals surface area (Å²) in [5, 5.41) is 3.54. The molecule has 4 aliphatic carbocycles. The molecule has 112 valence electrons. The Bertz CT molecular complexity index is 370. The second-order valence-corrected chi connectivity index (χ2v) is 8.17. The molecule has 2 unspecified atom stereocenters. The van der Waals surface area contributed by atoms with Gasteiger partial charge in [0.15, 0.2) is 0 Å². The van der Waals surface area contributed by atoms with Crippen LogP contribution >= 0.6 is 0 Å². The lowest BCUT2D eigenvalue weighted by molar-refractivity contribution is -0.150. The monoisotopic (exact) mass is 276 g/mol. The largest absolute Gasteiger partial charge is 0.339 e. The molecule has 1 heterocycles. The highest BCUT2D eigenvalue weighted by Crippen LogP contribution is 2.56. The van der Waals surface area contributed by atoms with Gasteiger partial charge < -0.3 is 10.2 Å². The van der Waals surface area contributed by atoms with Crippen LogP contribution in [0.25, 0.3) is 0 Å². The Morgan fingerprint density at radius 2 is 1.40 bits per heavy atom. The number of rotatable bonds is 1. The fourth-order valence-electron chi connectivity index (χ4n) is 6.05. The van der Waals surface area contributed by atoms with Crippen LogP contribution in [0.3, 0.4) is 0 Å². The van der Waals surface area contributed by atoms with Gasteiger partial charge in [-0.2, -0.15) is 0 Å². The van der Waals surface area contributed by atoms with Gasteiger partial charge in [0.2, 0.25) is 5.91 Å².